The Morgan fingerprint density at radius 1 is 1.21 bits per heavy atom. The van der Waals surface area contributed by atoms with Crippen LogP contribution in [0.3, 0.4) is 0 Å². The summed E-state index contributed by atoms with van der Waals surface area (Å²) in [6.07, 6.45) is 5.51. The molecule has 4 heteroatoms. The molecule has 0 aromatic carbocycles. The summed E-state index contributed by atoms with van der Waals surface area (Å²) < 4.78 is 0. The normalized spacial score (nSPS) is 11.5. The van der Waals surface area contributed by atoms with E-state index in [9.17, 15) is 0 Å². The molecule has 148 valence electrons. The van der Waals surface area contributed by atoms with Gasteiger partial charge in [-0.3, -0.25) is 9.98 Å². The second-order valence-electron chi connectivity index (χ2n) is 7.59. The van der Waals surface area contributed by atoms with E-state index in [-0.39, 0.29) is 0 Å². The summed E-state index contributed by atoms with van der Waals surface area (Å²) in [5.41, 5.74) is 7.87. The van der Waals surface area contributed by atoms with E-state index in [1.165, 1.54) is 5.57 Å². The van der Waals surface area contributed by atoms with Crippen molar-refractivity contribution in [3.05, 3.63) is 63.5 Å². The van der Waals surface area contributed by atoms with Crippen LogP contribution in [-0.4, -0.2) is 15.7 Å². The number of halogens is 1. The monoisotopic (exact) mass is 395 g/mol. The Labute approximate surface area is 173 Å². The molecular formula is C24H30ClN3. The molecule has 0 amide bonds. The van der Waals surface area contributed by atoms with Crippen molar-refractivity contribution in [2.45, 2.75) is 54.4 Å². The molecule has 2 aromatic rings. The number of aromatic amines is 1. The lowest BCUT2D eigenvalue weighted by atomic mass is 10.0. The topological polar surface area (TPSA) is 41.0 Å². The number of allylic oxidation sites excluding steroid dienone is 2. The molecule has 0 saturated heterocycles. The third-order valence-electron chi connectivity index (χ3n) is 4.35. The molecule has 0 spiro atoms. The van der Waals surface area contributed by atoms with Gasteiger partial charge in [0.25, 0.3) is 0 Å². The van der Waals surface area contributed by atoms with E-state index in [0.29, 0.717) is 6.42 Å². The Morgan fingerprint density at radius 2 is 1.89 bits per heavy atom. The van der Waals surface area contributed by atoms with Crippen molar-refractivity contribution < 1.29 is 0 Å². The summed E-state index contributed by atoms with van der Waals surface area (Å²) >= 11 is 6.55. The van der Waals surface area contributed by atoms with Gasteiger partial charge in [0.1, 0.15) is 0 Å². The van der Waals surface area contributed by atoms with Crippen LogP contribution in [0.25, 0.3) is 17.2 Å². The van der Waals surface area contributed by atoms with E-state index >= 15 is 0 Å². The third-order valence-corrected chi connectivity index (χ3v) is 4.76. The highest BCUT2D eigenvalue weighted by Crippen LogP contribution is 2.25. The summed E-state index contributed by atoms with van der Waals surface area (Å²) in [6, 6.07) is 2.07. The van der Waals surface area contributed by atoms with Crippen LogP contribution in [0.2, 0.25) is 5.02 Å². The second kappa shape index (κ2) is 9.20. The average Bonchev–Trinajstić information content (AvgIpc) is 2.89. The molecule has 2 aromatic heterocycles. The van der Waals surface area contributed by atoms with Gasteiger partial charge in [-0.25, -0.2) is 0 Å². The Hall–Kier alpha value is -2.39. The standard InChI is InChI=1S/C24H30ClN3/c1-9-19-23(25)22(14(2)3)20(28-19)11-17(8)10-18-12-21(27-16(6)7)24(15(4)5)26-13-18/h11-13,28H,4,8-10H2,1-3,5-7H3/b20-11+. The van der Waals surface area contributed by atoms with E-state index in [2.05, 4.69) is 61.0 Å². The molecule has 28 heavy (non-hydrogen) atoms. The Morgan fingerprint density at radius 3 is 2.43 bits per heavy atom. The molecule has 3 nitrogen and oxygen atoms in total. The van der Waals surface area contributed by atoms with Gasteiger partial charge in [-0.2, -0.15) is 0 Å². The average molecular weight is 396 g/mol. The van der Waals surface area contributed by atoms with Crippen molar-refractivity contribution in [3.8, 4) is 0 Å². The maximum atomic E-state index is 6.55. The van der Waals surface area contributed by atoms with E-state index in [1.807, 2.05) is 27.0 Å². The number of hydrogen-bond donors (Lipinski definition) is 1. The zero-order valence-electron chi connectivity index (χ0n) is 17.8. The van der Waals surface area contributed by atoms with Crippen LogP contribution in [0, 0.1) is 0 Å². The van der Waals surface area contributed by atoms with Crippen LogP contribution in [0.5, 0.6) is 0 Å². The number of aromatic nitrogens is 2. The Kier molecular flexibility index (Phi) is 7.20. The van der Waals surface area contributed by atoms with Crippen molar-refractivity contribution >= 4 is 40.2 Å². The number of H-pyrrole nitrogens is 1. The van der Waals surface area contributed by atoms with Crippen molar-refractivity contribution in [3.63, 3.8) is 0 Å². The largest absolute Gasteiger partial charge is 0.357 e. The van der Waals surface area contributed by atoms with E-state index in [1.54, 1.807) is 0 Å². The molecule has 2 rings (SSSR count). The van der Waals surface area contributed by atoms with Crippen LogP contribution in [0.4, 0.5) is 5.69 Å². The zero-order chi connectivity index (χ0) is 21.0. The van der Waals surface area contributed by atoms with Gasteiger partial charge in [-0.05, 0) is 76.3 Å². The molecule has 0 aliphatic heterocycles. The minimum absolute atomic E-state index is 0.690. The highest BCUT2D eigenvalue weighted by molar-refractivity contribution is 6.31. The van der Waals surface area contributed by atoms with Crippen molar-refractivity contribution in [2.75, 3.05) is 0 Å². The molecule has 0 aliphatic carbocycles. The maximum Gasteiger partial charge on any atom is 0.0909 e. The molecular weight excluding hydrogens is 366 g/mol. The van der Waals surface area contributed by atoms with Gasteiger partial charge >= 0.3 is 0 Å². The van der Waals surface area contributed by atoms with Crippen molar-refractivity contribution in [1.29, 1.82) is 0 Å². The van der Waals surface area contributed by atoms with Crippen LogP contribution in [0.15, 0.2) is 36.0 Å². The second-order valence-corrected chi connectivity index (χ2v) is 7.97. The molecule has 1 N–H and O–H groups in total. The fourth-order valence-corrected chi connectivity index (χ4v) is 3.63. The molecule has 0 radical (unpaired) electrons. The van der Waals surface area contributed by atoms with Crippen LogP contribution < -0.4 is 10.6 Å². The number of hydrogen-bond acceptors (Lipinski definition) is 2. The van der Waals surface area contributed by atoms with Gasteiger partial charge in [-0.1, -0.05) is 37.3 Å². The SMILES string of the molecule is C=C(/C=c1/[nH]c(CC)c(Cl)c1=C(C)C)Cc1cnc(C(=C)C)c(N=C(C)C)c1. The number of aliphatic imine (C=N–C) groups is 1. The highest BCUT2D eigenvalue weighted by Gasteiger charge is 2.09. The van der Waals surface area contributed by atoms with Crippen LogP contribution >= 0.6 is 11.6 Å². The zero-order valence-corrected chi connectivity index (χ0v) is 18.6. The molecule has 0 saturated carbocycles. The first-order chi connectivity index (χ1) is 13.1. The van der Waals surface area contributed by atoms with Crippen molar-refractivity contribution in [2.24, 2.45) is 4.99 Å². The lowest BCUT2D eigenvalue weighted by molar-refractivity contribution is 1.05. The highest BCUT2D eigenvalue weighted by atomic mass is 35.5. The first-order valence-corrected chi connectivity index (χ1v) is 9.91. The lowest BCUT2D eigenvalue weighted by Gasteiger charge is -2.08. The summed E-state index contributed by atoms with van der Waals surface area (Å²) in [5, 5.41) is 2.90. The predicted octanol–water partition coefficient (Wildman–Crippen LogP) is 5.54. The Balaban J connectivity index is 2.44. The van der Waals surface area contributed by atoms with Crippen molar-refractivity contribution in [1.82, 2.24) is 9.97 Å². The molecule has 0 atom stereocenters. The van der Waals surface area contributed by atoms with E-state index < -0.39 is 0 Å². The quantitative estimate of drug-likeness (QED) is 0.641. The minimum atomic E-state index is 0.690. The van der Waals surface area contributed by atoms with E-state index in [4.69, 9.17) is 11.6 Å². The molecule has 0 fully saturated rings. The molecule has 0 aliphatic rings. The fraction of sp³-hybridized carbons (Fsp3) is 0.333. The molecule has 2 heterocycles. The number of pyridine rings is 1. The summed E-state index contributed by atoms with van der Waals surface area (Å²) in [4.78, 5) is 12.6. The fourth-order valence-electron chi connectivity index (χ4n) is 3.15. The number of nitrogens with one attached hydrogen (secondary N) is 1. The van der Waals surface area contributed by atoms with Gasteiger partial charge in [0, 0.05) is 28.2 Å². The smallest absolute Gasteiger partial charge is 0.0909 e. The van der Waals surface area contributed by atoms with Gasteiger partial charge in [0.2, 0.25) is 0 Å². The predicted molar refractivity (Wildman–Crippen MR) is 124 cm³/mol. The van der Waals surface area contributed by atoms with Gasteiger partial charge < -0.3 is 4.98 Å². The number of aryl methyl sites for hydroxylation is 1. The van der Waals surface area contributed by atoms with Crippen LogP contribution in [-0.2, 0) is 12.8 Å². The Bertz CT molecular complexity index is 1060. The summed E-state index contributed by atoms with van der Waals surface area (Å²) in [7, 11) is 0. The minimum Gasteiger partial charge on any atom is -0.357 e. The van der Waals surface area contributed by atoms with E-state index in [0.717, 1.165) is 61.5 Å². The summed E-state index contributed by atoms with van der Waals surface area (Å²) in [5.74, 6) is 0. The molecule has 0 bridgehead atoms. The number of nitrogens with zero attached hydrogens (tertiary/aromatic N) is 2. The number of rotatable bonds is 6. The first-order valence-electron chi connectivity index (χ1n) is 9.54. The molecule has 0 unspecified atom stereocenters. The maximum absolute atomic E-state index is 6.55. The van der Waals surface area contributed by atoms with Gasteiger partial charge in [0.05, 0.1) is 16.4 Å². The van der Waals surface area contributed by atoms with Gasteiger partial charge in [0.15, 0.2) is 0 Å². The first kappa shape index (κ1) is 21.9. The third kappa shape index (κ3) is 5.11. The lowest BCUT2D eigenvalue weighted by Crippen LogP contribution is -2.25. The summed E-state index contributed by atoms with van der Waals surface area (Å²) in [6.45, 7) is 20.4. The van der Waals surface area contributed by atoms with Gasteiger partial charge in [-0.15, -0.1) is 0 Å². The van der Waals surface area contributed by atoms with Crippen LogP contribution in [0.1, 0.15) is 58.5 Å².